The van der Waals surface area contributed by atoms with Crippen LogP contribution in [0.4, 0.5) is 0 Å². The molecule has 0 radical (unpaired) electrons. The summed E-state index contributed by atoms with van der Waals surface area (Å²) in [5.41, 5.74) is 13.9. The van der Waals surface area contributed by atoms with Crippen LogP contribution >= 0.6 is 0 Å². The van der Waals surface area contributed by atoms with Crippen molar-refractivity contribution in [3.05, 3.63) is 157 Å². The Balaban J connectivity index is 1.16. The topological polar surface area (TPSA) is 30.7 Å². The molecular formula is C41H31N3. The van der Waals surface area contributed by atoms with Gasteiger partial charge in [0.25, 0.3) is 0 Å². The van der Waals surface area contributed by atoms with Crippen LogP contribution in [0.15, 0.2) is 146 Å². The Labute approximate surface area is 257 Å². The van der Waals surface area contributed by atoms with Gasteiger partial charge in [0.15, 0.2) is 0 Å². The molecule has 0 aliphatic heterocycles. The van der Waals surface area contributed by atoms with E-state index in [-0.39, 0.29) is 0 Å². The zero-order valence-corrected chi connectivity index (χ0v) is 24.6. The summed E-state index contributed by atoms with van der Waals surface area (Å²) < 4.78 is 2.47. The van der Waals surface area contributed by atoms with E-state index in [2.05, 4.69) is 149 Å². The number of para-hydroxylation sites is 1. The van der Waals surface area contributed by atoms with Gasteiger partial charge in [-0.2, -0.15) is 0 Å². The predicted molar refractivity (Wildman–Crippen MR) is 183 cm³/mol. The highest BCUT2D eigenvalue weighted by Gasteiger charge is 2.23. The van der Waals surface area contributed by atoms with Crippen molar-refractivity contribution in [3.63, 3.8) is 0 Å². The fourth-order valence-electron chi connectivity index (χ4n) is 6.56. The summed E-state index contributed by atoms with van der Waals surface area (Å²) in [7, 11) is 0. The molecule has 44 heavy (non-hydrogen) atoms. The summed E-state index contributed by atoms with van der Waals surface area (Å²) in [6.45, 7) is 2.33. The van der Waals surface area contributed by atoms with E-state index in [9.17, 15) is 0 Å². The smallest absolute Gasteiger partial charge is 0.0892 e. The summed E-state index contributed by atoms with van der Waals surface area (Å²) >= 11 is 0. The summed E-state index contributed by atoms with van der Waals surface area (Å²) in [4.78, 5) is 9.34. The molecule has 3 heterocycles. The minimum Gasteiger partial charge on any atom is -0.313 e. The molecule has 210 valence electrons. The summed E-state index contributed by atoms with van der Waals surface area (Å²) in [6.07, 6.45) is 9.42. The first kappa shape index (κ1) is 26.1. The van der Waals surface area contributed by atoms with Crippen molar-refractivity contribution in [3.8, 4) is 50.5 Å². The van der Waals surface area contributed by atoms with E-state index in [1.807, 2.05) is 24.5 Å². The fraction of sp³-hybridized carbons (Fsp3) is 0.0732. The minimum absolute atomic E-state index is 0.457. The van der Waals surface area contributed by atoms with Gasteiger partial charge in [-0.1, -0.05) is 97.9 Å². The maximum Gasteiger partial charge on any atom is 0.0892 e. The number of rotatable bonds is 5. The molecule has 0 bridgehead atoms. The average Bonchev–Trinajstić information content (AvgIpc) is 3.45. The van der Waals surface area contributed by atoms with E-state index < -0.39 is 0 Å². The second-order valence-corrected chi connectivity index (χ2v) is 11.5. The number of hydrogen-bond donors (Lipinski definition) is 0. The third-order valence-corrected chi connectivity index (χ3v) is 8.72. The first-order chi connectivity index (χ1) is 21.7. The van der Waals surface area contributed by atoms with E-state index in [0.717, 1.165) is 34.5 Å². The van der Waals surface area contributed by atoms with Crippen LogP contribution in [-0.4, -0.2) is 14.5 Å². The van der Waals surface area contributed by atoms with Gasteiger partial charge >= 0.3 is 0 Å². The number of aromatic nitrogens is 3. The Bertz CT molecular complexity index is 2170. The Morgan fingerprint density at radius 1 is 0.568 bits per heavy atom. The van der Waals surface area contributed by atoms with Crippen molar-refractivity contribution >= 4 is 17.0 Å². The Kier molecular flexibility index (Phi) is 6.49. The number of nitrogens with zero attached hydrogens (tertiary/aromatic N) is 3. The number of pyridine rings is 2. The SMILES string of the molecule is CC1CC=Cc2c1n(-c1cccc(-c3cccc(-c4ccnc(-c5cc(-c6ccccc6)ccn5)c4)c3)c1)c1ccccc21. The first-order valence-corrected chi connectivity index (χ1v) is 15.2. The third kappa shape index (κ3) is 4.63. The molecule has 3 aromatic heterocycles. The summed E-state index contributed by atoms with van der Waals surface area (Å²) in [6, 6.07) is 45.3. The van der Waals surface area contributed by atoms with Crippen LogP contribution in [0.25, 0.3) is 67.4 Å². The molecule has 7 aromatic rings. The van der Waals surface area contributed by atoms with Gasteiger partial charge in [0.2, 0.25) is 0 Å². The van der Waals surface area contributed by atoms with Crippen LogP contribution < -0.4 is 0 Å². The first-order valence-electron chi connectivity index (χ1n) is 15.2. The van der Waals surface area contributed by atoms with Gasteiger partial charge in [0, 0.05) is 40.6 Å². The van der Waals surface area contributed by atoms with Gasteiger partial charge in [-0.25, -0.2) is 0 Å². The standard InChI is InChI=1S/C41H31N3/c1-28-10-7-18-37-36-17-5-6-19-40(36)44(41(28)37)35-16-9-15-32(25-35)30-13-8-14-31(24-30)34-21-23-43-39(27-34)38-26-33(20-22-42-38)29-11-3-2-4-12-29/h2-9,11-28H,10H2,1H3. The molecule has 0 amide bonds. The van der Waals surface area contributed by atoms with Crippen molar-refractivity contribution in [1.29, 1.82) is 0 Å². The molecule has 4 aromatic carbocycles. The maximum absolute atomic E-state index is 4.69. The van der Waals surface area contributed by atoms with E-state index in [4.69, 9.17) is 0 Å². The predicted octanol–water partition coefficient (Wildman–Crippen LogP) is 10.6. The monoisotopic (exact) mass is 565 g/mol. The molecule has 0 spiro atoms. The van der Waals surface area contributed by atoms with Gasteiger partial charge in [-0.3, -0.25) is 9.97 Å². The Morgan fingerprint density at radius 3 is 1.91 bits per heavy atom. The van der Waals surface area contributed by atoms with Crippen LogP contribution in [0, 0.1) is 0 Å². The highest BCUT2D eigenvalue weighted by Crippen LogP contribution is 2.40. The van der Waals surface area contributed by atoms with E-state index in [1.54, 1.807) is 0 Å². The van der Waals surface area contributed by atoms with Gasteiger partial charge < -0.3 is 4.57 Å². The lowest BCUT2D eigenvalue weighted by atomic mass is 9.93. The number of fused-ring (bicyclic) bond motifs is 3. The number of benzene rings is 4. The highest BCUT2D eigenvalue weighted by atomic mass is 15.0. The molecule has 0 saturated heterocycles. The van der Waals surface area contributed by atoms with Crippen LogP contribution in [-0.2, 0) is 0 Å². The van der Waals surface area contributed by atoms with Crippen molar-refractivity contribution in [2.24, 2.45) is 0 Å². The molecule has 3 heteroatoms. The second kappa shape index (κ2) is 10.9. The zero-order valence-electron chi connectivity index (χ0n) is 24.6. The van der Waals surface area contributed by atoms with Crippen molar-refractivity contribution < 1.29 is 0 Å². The normalized spacial score (nSPS) is 14.1. The fourth-order valence-corrected chi connectivity index (χ4v) is 6.56. The van der Waals surface area contributed by atoms with Crippen molar-refractivity contribution in [2.45, 2.75) is 19.3 Å². The minimum atomic E-state index is 0.457. The van der Waals surface area contributed by atoms with Crippen LogP contribution in [0.1, 0.15) is 30.5 Å². The molecule has 0 saturated carbocycles. The molecule has 3 nitrogen and oxygen atoms in total. The molecule has 0 N–H and O–H groups in total. The quantitative estimate of drug-likeness (QED) is 0.208. The number of allylic oxidation sites excluding steroid dienone is 1. The zero-order chi connectivity index (χ0) is 29.5. The van der Waals surface area contributed by atoms with Crippen molar-refractivity contribution in [2.75, 3.05) is 0 Å². The largest absolute Gasteiger partial charge is 0.313 e. The van der Waals surface area contributed by atoms with E-state index in [1.165, 1.54) is 44.5 Å². The number of hydrogen-bond acceptors (Lipinski definition) is 2. The van der Waals surface area contributed by atoms with Gasteiger partial charge in [-0.15, -0.1) is 0 Å². The molecule has 8 rings (SSSR count). The third-order valence-electron chi connectivity index (χ3n) is 8.72. The van der Waals surface area contributed by atoms with Crippen LogP contribution in [0.3, 0.4) is 0 Å². The van der Waals surface area contributed by atoms with Gasteiger partial charge in [-0.05, 0) is 88.3 Å². The molecule has 1 aliphatic rings. The average molecular weight is 566 g/mol. The molecule has 1 aliphatic carbocycles. The van der Waals surface area contributed by atoms with Crippen LogP contribution in [0.2, 0.25) is 0 Å². The van der Waals surface area contributed by atoms with Crippen LogP contribution in [0.5, 0.6) is 0 Å². The summed E-state index contributed by atoms with van der Waals surface area (Å²) in [5.74, 6) is 0.457. The maximum atomic E-state index is 4.69. The second-order valence-electron chi connectivity index (χ2n) is 11.5. The molecule has 1 unspecified atom stereocenters. The molecule has 0 fully saturated rings. The lowest BCUT2D eigenvalue weighted by Gasteiger charge is -2.20. The highest BCUT2D eigenvalue weighted by molar-refractivity contribution is 5.94. The summed E-state index contributed by atoms with van der Waals surface area (Å²) in [5, 5.41) is 1.31. The van der Waals surface area contributed by atoms with Crippen molar-refractivity contribution in [1.82, 2.24) is 14.5 Å². The van der Waals surface area contributed by atoms with E-state index >= 15 is 0 Å². The van der Waals surface area contributed by atoms with E-state index in [0.29, 0.717) is 5.92 Å². The molecular weight excluding hydrogens is 534 g/mol. The lowest BCUT2D eigenvalue weighted by molar-refractivity contribution is 0.723. The Hall–Kier alpha value is -5.54. The molecule has 1 atom stereocenters. The lowest BCUT2D eigenvalue weighted by Crippen LogP contribution is -2.07. The Morgan fingerprint density at radius 2 is 1.16 bits per heavy atom. The van der Waals surface area contributed by atoms with Gasteiger partial charge in [0.05, 0.1) is 16.9 Å². The van der Waals surface area contributed by atoms with Gasteiger partial charge in [0.1, 0.15) is 0 Å².